The third kappa shape index (κ3) is 11.7. The summed E-state index contributed by atoms with van der Waals surface area (Å²) in [6.07, 6.45) is 8.57. The first kappa shape index (κ1) is 44.9. The van der Waals surface area contributed by atoms with Crippen LogP contribution in [0.1, 0.15) is 67.2 Å². The van der Waals surface area contributed by atoms with Crippen LogP contribution in [0.25, 0.3) is 10.9 Å². The molecule has 1 saturated carbocycles. The van der Waals surface area contributed by atoms with Crippen molar-refractivity contribution in [2.45, 2.75) is 57.2 Å². The molecule has 1 aliphatic carbocycles. The number of methoxy groups -OCH3 is 1. The lowest BCUT2D eigenvalue weighted by molar-refractivity contribution is -0.141. The van der Waals surface area contributed by atoms with Gasteiger partial charge in [0.25, 0.3) is 11.8 Å². The number of carbonyl (C=O) groups excluding carboxylic acids is 4. The van der Waals surface area contributed by atoms with Gasteiger partial charge in [-0.05, 0) is 87.8 Å². The monoisotopic (exact) mass is 840 g/mol. The molecular formula is C42H52ClF3N8O5. The van der Waals surface area contributed by atoms with E-state index in [1.165, 1.54) is 31.2 Å². The van der Waals surface area contributed by atoms with Crippen LogP contribution < -0.4 is 15.4 Å². The summed E-state index contributed by atoms with van der Waals surface area (Å²) in [5.74, 6) is 0.325. The molecule has 59 heavy (non-hydrogen) atoms. The fraction of sp³-hybridized carbons (Fsp3) is 0.476. The van der Waals surface area contributed by atoms with Crippen LogP contribution in [0.2, 0.25) is 0 Å². The topological polar surface area (TPSA) is 142 Å². The third-order valence-electron chi connectivity index (χ3n) is 10.9. The second-order valence-electron chi connectivity index (χ2n) is 15.0. The van der Waals surface area contributed by atoms with Gasteiger partial charge in [0, 0.05) is 75.1 Å². The Morgan fingerprint density at radius 2 is 1.76 bits per heavy atom. The average Bonchev–Trinajstić information content (AvgIpc) is 3.65. The van der Waals surface area contributed by atoms with Crippen LogP contribution in [-0.4, -0.2) is 113 Å². The van der Waals surface area contributed by atoms with E-state index >= 15 is 0 Å². The van der Waals surface area contributed by atoms with E-state index in [0.717, 1.165) is 75.4 Å². The number of rotatable bonds is 16. The number of carbonyl (C=O) groups is 4. The summed E-state index contributed by atoms with van der Waals surface area (Å²) < 4.78 is 47.0. The molecule has 2 N–H and O–H groups in total. The van der Waals surface area contributed by atoms with Crippen molar-refractivity contribution < 1.29 is 37.1 Å². The zero-order chi connectivity index (χ0) is 42.7. The molecule has 17 heteroatoms. The van der Waals surface area contributed by atoms with Crippen LogP contribution in [0.5, 0.6) is 5.75 Å². The lowest BCUT2D eigenvalue weighted by Gasteiger charge is -2.36. The van der Waals surface area contributed by atoms with E-state index in [4.69, 9.17) is 21.4 Å². The summed E-state index contributed by atoms with van der Waals surface area (Å²) in [5.41, 5.74) is 0.244. The Morgan fingerprint density at radius 3 is 2.37 bits per heavy atom. The molecular weight excluding hydrogens is 789 g/mol. The summed E-state index contributed by atoms with van der Waals surface area (Å²) in [6, 6.07) is 6.37. The highest BCUT2D eigenvalue weighted by molar-refractivity contribution is 6.19. The summed E-state index contributed by atoms with van der Waals surface area (Å²) in [4.78, 5) is 59.1. The highest BCUT2D eigenvalue weighted by atomic mass is 35.5. The Kier molecular flexibility index (Phi) is 15.7. The van der Waals surface area contributed by atoms with Gasteiger partial charge in [0.15, 0.2) is 0 Å². The maximum Gasteiger partial charge on any atom is 0.433 e. The van der Waals surface area contributed by atoms with Gasteiger partial charge in [0.1, 0.15) is 23.4 Å². The van der Waals surface area contributed by atoms with Crippen LogP contribution in [-0.2, 0) is 15.8 Å². The number of piperidine rings is 1. The fourth-order valence-corrected chi connectivity index (χ4v) is 8.07. The van der Waals surface area contributed by atoms with E-state index in [1.54, 1.807) is 24.3 Å². The van der Waals surface area contributed by atoms with Crippen molar-refractivity contribution in [2.75, 3.05) is 65.1 Å². The number of nitrogens with zero attached hydrogens (tertiary/aromatic N) is 6. The van der Waals surface area contributed by atoms with Crippen LogP contribution in [0.15, 0.2) is 72.6 Å². The number of likely N-dealkylation sites (tertiary alicyclic amines) is 1. The molecule has 1 aliphatic heterocycles. The van der Waals surface area contributed by atoms with Gasteiger partial charge in [-0.2, -0.15) is 18.3 Å². The van der Waals surface area contributed by atoms with Gasteiger partial charge in [0.2, 0.25) is 0 Å². The summed E-state index contributed by atoms with van der Waals surface area (Å²) in [6.45, 7) is 7.01. The molecule has 1 aromatic carbocycles. The molecule has 2 fully saturated rings. The zero-order valence-electron chi connectivity index (χ0n) is 33.6. The lowest BCUT2D eigenvalue weighted by Crippen LogP contribution is -2.42. The highest BCUT2D eigenvalue weighted by Crippen LogP contribution is 2.36. The number of benzene rings is 1. The minimum absolute atomic E-state index is 0.0269. The highest BCUT2D eigenvalue weighted by Gasteiger charge is 2.33. The number of pyridine rings is 1. The molecule has 0 bridgehead atoms. The van der Waals surface area contributed by atoms with Crippen molar-refractivity contribution in [1.82, 2.24) is 34.8 Å². The van der Waals surface area contributed by atoms with Crippen molar-refractivity contribution in [1.29, 1.82) is 0 Å². The number of hydrogen-bond donors (Lipinski definition) is 2. The normalized spacial score (nSPS) is 18.1. The van der Waals surface area contributed by atoms with Gasteiger partial charge in [-0.15, -0.1) is 11.6 Å². The zero-order valence-corrected chi connectivity index (χ0v) is 34.4. The number of alkyl halides is 4. The van der Waals surface area contributed by atoms with E-state index in [-0.39, 0.29) is 36.5 Å². The third-order valence-corrected chi connectivity index (χ3v) is 11.1. The van der Waals surface area contributed by atoms with Gasteiger partial charge in [-0.1, -0.05) is 18.7 Å². The van der Waals surface area contributed by atoms with Crippen molar-refractivity contribution in [3.05, 3.63) is 84.0 Å². The summed E-state index contributed by atoms with van der Waals surface area (Å²) >= 11 is 6.22. The number of allylic oxidation sites excluding steroid dienone is 3. The Morgan fingerprint density at radius 1 is 1.07 bits per heavy atom. The SMILES string of the molecule is C=C/C=C(\C=C(/CCl)N(CCC=O)C(=O)NC)C(=O)N1CCC(CN(C)CC2CCC(n3cc4cc(NC(=O)c5cccc(C(F)(F)F)n5)c(OC)cc4n3)CC2)CC1. The number of urea groups is 1. The molecule has 0 atom stereocenters. The first-order valence-electron chi connectivity index (χ1n) is 19.7. The van der Waals surface area contributed by atoms with Crippen LogP contribution in [0.4, 0.5) is 23.7 Å². The first-order valence-corrected chi connectivity index (χ1v) is 20.2. The number of amides is 4. The largest absolute Gasteiger partial charge is 0.494 e. The average molecular weight is 841 g/mol. The molecule has 3 aromatic rings. The number of halogens is 4. The maximum absolute atomic E-state index is 13.6. The van der Waals surface area contributed by atoms with Gasteiger partial charge < -0.3 is 30.0 Å². The molecule has 0 spiro atoms. The summed E-state index contributed by atoms with van der Waals surface area (Å²) in [7, 11) is 5.09. The van der Waals surface area contributed by atoms with E-state index in [1.807, 2.05) is 15.8 Å². The van der Waals surface area contributed by atoms with Crippen molar-refractivity contribution in [3.8, 4) is 5.75 Å². The lowest BCUT2D eigenvalue weighted by atomic mass is 9.85. The molecule has 3 heterocycles. The van der Waals surface area contributed by atoms with Crippen LogP contribution in [0, 0.1) is 11.8 Å². The minimum atomic E-state index is -4.67. The quantitative estimate of drug-likeness (QED) is 0.0675. The van der Waals surface area contributed by atoms with Crippen molar-refractivity contribution in [2.24, 2.45) is 11.8 Å². The Hall–Kier alpha value is -5.22. The Bertz CT molecular complexity index is 2040. The molecule has 5 rings (SSSR count). The molecule has 4 amide bonds. The number of aldehydes is 1. The minimum Gasteiger partial charge on any atom is -0.494 e. The second kappa shape index (κ2) is 20.7. The van der Waals surface area contributed by atoms with Crippen LogP contribution >= 0.6 is 11.6 Å². The van der Waals surface area contributed by atoms with E-state index in [0.29, 0.717) is 53.1 Å². The smallest absolute Gasteiger partial charge is 0.433 e. The second-order valence-corrected chi connectivity index (χ2v) is 15.3. The number of fused-ring (bicyclic) bond motifs is 1. The molecule has 1 saturated heterocycles. The van der Waals surface area contributed by atoms with Gasteiger partial charge in [-0.3, -0.25) is 19.2 Å². The number of hydrogen-bond acceptors (Lipinski definition) is 8. The Labute approximate surface area is 347 Å². The standard InChI is InChI=1S/C42H52ClF3N8O5/c1-5-8-30(21-33(24-43)53(17-7-20-55)41(58)47-2)40(57)52-18-15-29(16-19-52)26-51(3)25-28-11-13-32(14-12-28)54-27-31-22-36(37(59-4)23-35(31)50-54)49-39(56)34-9-6-10-38(48-34)42(44,45)46/h5-6,8-10,20-23,27-29,32H,1,7,11-19,24-26H2,2-4H3,(H,47,58)(H,49,56)/b30-8+,33-21+. The Balaban J connectivity index is 1.11. The molecule has 2 aliphatic rings. The fourth-order valence-electron chi connectivity index (χ4n) is 7.85. The van der Waals surface area contributed by atoms with E-state index in [2.05, 4.69) is 34.1 Å². The molecule has 0 unspecified atom stereocenters. The van der Waals surface area contributed by atoms with Gasteiger partial charge >= 0.3 is 12.2 Å². The van der Waals surface area contributed by atoms with Crippen molar-refractivity contribution >= 4 is 52.3 Å². The number of nitrogens with one attached hydrogen (secondary N) is 2. The molecule has 318 valence electrons. The number of anilines is 1. The first-order chi connectivity index (χ1) is 28.3. The number of aromatic nitrogens is 3. The predicted octanol–water partition coefficient (Wildman–Crippen LogP) is 7.08. The van der Waals surface area contributed by atoms with E-state index < -0.39 is 23.8 Å². The number of ether oxygens (including phenoxy) is 1. The predicted molar refractivity (Wildman–Crippen MR) is 220 cm³/mol. The molecule has 2 aromatic heterocycles. The molecule has 13 nitrogen and oxygen atoms in total. The van der Waals surface area contributed by atoms with Crippen molar-refractivity contribution in [3.63, 3.8) is 0 Å². The van der Waals surface area contributed by atoms with Gasteiger partial charge in [-0.25, -0.2) is 9.78 Å². The van der Waals surface area contributed by atoms with Gasteiger partial charge in [0.05, 0.1) is 30.2 Å². The summed E-state index contributed by atoms with van der Waals surface area (Å²) in [5, 5.41) is 10.8. The molecule has 0 radical (unpaired) electrons. The van der Waals surface area contributed by atoms with Crippen LogP contribution in [0.3, 0.4) is 0 Å². The van der Waals surface area contributed by atoms with E-state index in [9.17, 15) is 32.3 Å². The maximum atomic E-state index is 13.6.